The van der Waals surface area contributed by atoms with Crippen molar-refractivity contribution in [2.75, 3.05) is 0 Å². The molecule has 0 saturated heterocycles. The molecule has 0 spiro atoms. The molecule has 0 saturated carbocycles. The van der Waals surface area contributed by atoms with E-state index in [1.54, 1.807) is 0 Å². The number of hydrogen-bond acceptors (Lipinski definition) is 3. The minimum Gasteiger partial charge on any atom is -0.248 e. The Morgan fingerprint density at radius 1 is 0.250 bits per heavy atom. The van der Waals surface area contributed by atoms with Gasteiger partial charge >= 0.3 is 0 Å². The Bertz CT molecular complexity index is 3320. The number of hydrogen-bond donors (Lipinski definition) is 0. The zero-order valence-corrected chi connectivity index (χ0v) is 32.7. The maximum atomic E-state index is 5.26. The molecule has 2 aromatic heterocycles. The Kier molecular flexibility index (Phi) is 8.83. The summed E-state index contributed by atoms with van der Waals surface area (Å²) in [6.07, 6.45) is 0. The maximum Gasteiger partial charge on any atom is 0.161 e. The molecule has 0 N–H and O–H groups in total. The molecule has 0 aliphatic rings. The van der Waals surface area contributed by atoms with E-state index < -0.39 is 0 Å². The summed E-state index contributed by atoms with van der Waals surface area (Å²) < 4.78 is 0. The molecule has 0 amide bonds. The molecule has 0 atom stereocenters. The van der Waals surface area contributed by atoms with Gasteiger partial charge in [-0.1, -0.05) is 200 Å². The topological polar surface area (TPSA) is 38.7 Å². The van der Waals surface area contributed by atoms with E-state index in [2.05, 4.69) is 206 Å². The fourth-order valence-corrected chi connectivity index (χ4v) is 8.50. The summed E-state index contributed by atoms with van der Waals surface area (Å²) in [6, 6.07) is 79.3. The van der Waals surface area contributed by atoms with Gasteiger partial charge < -0.3 is 0 Å². The zero-order chi connectivity index (χ0) is 39.8. The Labute approximate surface area is 349 Å². The van der Waals surface area contributed by atoms with Crippen molar-refractivity contribution < 1.29 is 0 Å². The Morgan fingerprint density at radius 2 is 0.683 bits per heavy atom. The monoisotopic (exact) mass is 763 g/mol. The van der Waals surface area contributed by atoms with Gasteiger partial charge in [0.25, 0.3) is 0 Å². The van der Waals surface area contributed by atoms with Gasteiger partial charge in [-0.05, 0) is 79.2 Å². The molecule has 3 nitrogen and oxygen atoms in total. The predicted molar refractivity (Wildman–Crippen MR) is 250 cm³/mol. The number of aromatic nitrogens is 3. The molecule has 3 heteroatoms. The predicted octanol–water partition coefficient (Wildman–Crippen LogP) is 15.0. The molecular weight excluding hydrogens is 727 g/mol. The van der Waals surface area contributed by atoms with Crippen LogP contribution in [-0.4, -0.2) is 15.0 Å². The molecule has 0 radical (unpaired) electrons. The van der Waals surface area contributed by atoms with Crippen LogP contribution in [0.4, 0.5) is 0 Å². The molecule has 0 fully saturated rings. The summed E-state index contributed by atoms with van der Waals surface area (Å²) in [5.41, 5.74) is 14.9. The summed E-state index contributed by atoms with van der Waals surface area (Å²) >= 11 is 0. The van der Waals surface area contributed by atoms with Crippen LogP contribution in [-0.2, 0) is 0 Å². The lowest BCUT2D eigenvalue weighted by atomic mass is 9.91. The molecule has 11 rings (SSSR count). The van der Waals surface area contributed by atoms with Crippen LogP contribution in [0.3, 0.4) is 0 Å². The Balaban J connectivity index is 1.01. The van der Waals surface area contributed by atoms with E-state index in [4.69, 9.17) is 15.0 Å². The average Bonchev–Trinajstić information content (AvgIpc) is 3.34. The van der Waals surface area contributed by atoms with Gasteiger partial charge in [-0.2, -0.15) is 0 Å². The van der Waals surface area contributed by atoms with E-state index in [1.165, 1.54) is 32.8 Å². The quantitative estimate of drug-likeness (QED) is 0.152. The molecule has 280 valence electrons. The molecule has 11 aromatic rings. The van der Waals surface area contributed by atoms with Crippen LogP contribution >= 0.6 is 0 Å². The van der Waals surface area contributed by atoms with Crippen molar-refractivity contribution in [1.29, 1.82) is 0 Å². The van der Waals surface area contributed by atoms with Gasteiger partial charge in [0.2, 0.25) is 0 Å². The van der Waals surface area contributed by atoms with Crippen molar-refractivity contribution >= 4 is 32.4 Å². The lowest BCUT2D eigenvalue weighted by Gasteiger charge is -2.15. The molecule has 60 heavy (non-hydrogen) atoms. The third kappa shape index (κ3) is 6.49. The average molecular weight is 764 g/mol. The molecule has 2 heterocycles. The van der Waals surface area contributed by atoms with Gasteiger partial charge in [-0.3, -0.25) is 0 Å². The maximum absolute atomic E-state index is 5.26. The molecule has 9 aromatic carbocycles. The van der Waals surface area contributed by atoms with Crippen molar-refractivity contribution in [3.8, 4) is 78.5 Å². The highest BCUT2D eigenvalue weighted by molar-refractivity contribution is 6.14. The van der Waals surface area contributed by atoms with Crippen LogP contribution < -0.4 is 0 Å². The third-order valence-electron chi connectivity index (χ3n) is 11.5. The highest BCUT2D eigenvalue weighted by Gasteiger charge is 2.17. The van der Waals surface area contributed by atoms with Crippen LogP contribution in [0.25, 0.3) is 111 Å². The standard InChI is InChI=1S/C57H37N3/c1-4-14-38(15-5-1)39-24-30-45(31-25-39)55-37-54(44-19-8-3-9-20-44)59-57(60-55)50-34-33-46(48-22-12-13-23-49(48)50)41-26-28-42(29-27-41)51-36-53(43-17-6-2-7-18-43)58-52-35-32-40-16-10-11-21-47(40)56(51)52/h1-37H. The van der Waals surface area contributed by atoms with Crippen LogP contribution in [0.15, 0.2) is 224 Å². The van der Waals surface area contributed by atoms with Gasteiger partial charge in [0, 0.05) is 27.6 Å². The van der Waals surface area contributed by atoms with E-state index in [1.807, 2.05) is 18.2 Å². The van der Waals surface area contributed by atoms with Gasteiger partial charge in [-0.25, -0.2) is 15.0 Å². The number of rotatable bonds is 7. The van der Waals surface area contributed by atoms with E-state index in [0.717, 1.165) is 72.3 Å². The van der Waals surface area contributed by atoms with Crippen LogP contribution in [0.5, 0.6) is 0 Å². The first kappa shape index (κ1) is 35.2. The summed E-state index contributed by atoms with van der Waals surface area (Å²) in [4.78, 5) is 15.6. The lowest BCUT2D eigenvalue weighted by molar-refractivity contribution is 1.19. The van der Waals surface area contributed by atoms with E-state index >= 15 is 0 Å². The molecule has 0 aliphatic heterocycles. The second-order valence-corrected chi connectivity index (χ2v) is 15.2. The minimum atomic E-state index is 0.697. The van der Waals surface area contributed by atoms with Gasteiger partial charge in [0.15, 0.2) is 5.82 Å². The summed E-state index contributed by atoms with van der Waals surface area (Å²) in [7, 11) is 0. The SMILES string of the molecule is c1ccc(-c2ccc(-c3cc(-c4ccccc4)nc(-c4ccc(-c5ccc(-c6cc(-c7ccccc7)nc7ccc8ccccc8c67)cc5)c5ccccc45)n3)cc2)cc1. The first-order valence-corrected chi connectivity index (χ1v) is 20.3. The summed E-state index contributed by atoms with van der Waals surface area (Å²) in [6.45, 7) is 0. The molecular formula is C57H37N3. The van der Waals surface area contributed by atoms with Gasteiger partial charge in [0.05, 0.1) is 22.6 Å². The number of pyridine rings is 1. The normalized spacial score (nSPS) is 11.3. The Morgan fingerprint density at radius 3 is 1.32 bits per heavy atom. The fraction of sp³-hybridized carbons (Fsp3) is 0. The highest BCUT2D eigenvalue weighted by Crippen LogP contribution is 2.40. The van der Waals surface area contributed by atoms with E-state index in [9.17, 15) is 0 Å². The minimum absolute atomic E-state index is 0.697. The smallest absolute Gasteiger partial charge is 0.161 e. The summed E-state index contributed by atoms with van der Waals surface area (Å²) in [5, 5.41) is 5.83. The molecule has 0 bridgehead atoms. The van der Waals surface area contributed by atoms with Crippen molar-refractivity contribution in [1.82, 2.24) is 15.0 Å². The number of fused-ring (bicyclic) bond motifs is 4. The second kappa shape index (κ2) is 15.1. The second-order valence-electron chi connectivity index (χ2n) is 15.2. The van der Waals surface area contributed by atoms with Crippen LogP contribution in [0, 0.1) is 0 Å². The molecule has 0 unspecified atom stereocenters. The largest absolute Gasteiger partial charge is 0.248 e. The fourth-order valence-electron chi connectivity index (χ4n) is 8.50. The van der Waals surface area contributed by atoms with Crippen molar-refractivity contribution in [3.63, 3.8) is 0 Å². The first-order valence-electron chi connectivity index (χ1n) is 20.3. The van der Waals surface area contributed by atoms with E-state index in [0.29, 0.717) is 5.82 Å². The highest BCUT2D eigenvalue weighted by atomic mass is 14.9. The van der Waals surface area contributed by atoms with E-state index in [-0.39, 0.29) is 0 Å². The first-order chi connectivity index (χ1) is 29.7. The van der Waals surface area contributed by atoms with Gasteiger partial charge in [0.1, 0.15) is 0 Å². The summed E-state index contributed by atoms with van der Waals surface area (Å²) in [5.74, 6) is 0.697. The molecule has 0 aliphatic carbocycles. The van der Waals surface area contributed by atoms with Crippen LogP contribution in [0.2, 0.25) is 0 Å². The number of nitrogens with zero attached hydrogens (tertiary/aromatic N) is 3. The zero-order valence-electron chi connectivity index (χ0n) is 32.7. The van der Waals surface area contributed by atoms with Crippen molar-refractivity contribution in [2.45, 2.75) is 0 Å². The van der Waals surface area contributed by atoms with Crippen molar-refractivity contribution in [2.24, 2.45) is 0 Å². The number of benzene rings is 9. The third-order valence-corrected chi connectivity index (χ3v) is 11.5. The van der Waals surface area contributed by atoms with Crippen molar-refractivity contribution in [3.05, 3.63) is 224 Å². The van der Waals surface area contributed by atoms with Gasteiger partial charge in [-0.15, -0.1) is 0 Å². The lowest BCUT2D eigenvalue weighted by Crippen LogP contribution is -1.97. The Hall–Kier alpha value is -8.01. The van der Waals surface area contributed by atoms with Crippen LogP contribution in [0.1, 0.15) is 0 Å².